The van der Waals surface area contributed by atoms with Gasteiger partial charge in [-0.05, 0) is 74.9 Å². The van der Waals surface area contributed by atoms with Crippen molar-refractivity contribution in [1.29, 1.82) is 0 Å². The summed E-state index contributed by atoms with van der Waals surface area (Å²) in [6.07, 6.45) is 48.3. The van der Waals surface area contributed by atoms with Crippen LogP contribution in [0.1, 0.15) is 363 Å². The maximum atomic E-state index is 14.3. The van der Waals surface area contributed by atoms with Gasteiger partial charge in [-0.3, -0.25) is 19.2 Å². The van der Waals surface area contributed by atoms with E-state index >= 15 is 0 Å². The van der Waals surface area contributed by atoms with Crippen LogP contribution < -0.4 is 0 Å². The predicted octanol–water partition coefficient (Wildman–Crippen LogP) is 22.1. The van der Waals surface area contributed by atoms with Crippen LogP contribution in [0.3, 0.4) is 0 Å². The Hall–Kier alpha value is -3.31. The van der Waals surface area contributed by atoms with E-state index in [2.05, 4.69) is 34.6 Å². The first-order chi connectivity index (χ1) is 36.2. The molecule has 0 spiro atoms. The number of benzene rings is 2. The standard InChI is InChI=1S/C68H108N2O4.Ni/c1-6-11-16-20-24-28-32-36-40-45-64(71)59-51-49-56(53-61(59)66(73)47-42-38-34-30-26-22-18-13-8-3)63-55-57(44-15-10-5)68(70(63)69)58-50-52-60(65(72)46-41-37-33-29-25-21-17-12-7-2)62(54-58)67(74)48-43-39-35-31-27-23-19-14-9-4;/h49-55H,6-48H2,1-5H3;. The first-order valence-electron chi connectivity index (χ1n) is 31.6. The van der Waals surface area contributed by atoms with E-state index in [9.17, 15) is 24.7 Å². The third kappa shape index (κ3) is 27.2. The van der Waals surface area contributed by atoms with E-state index in [0.717, 1.165) is 95.5 Å². The summed E-state index contributed by atoms with van der Waals surface area (Å²) in [6.45, 7) is 11.1. The Morgan fingerprint density at radius 3 is 0.933 bits per heavy atom. The summed E-state index contributed by atoms with van der Waals surface area (Å²) in [5, 5.41) is 0. The Kier molecular flexibility index (Phi) is 39.5. The predicted molar refractivity (Wildman–Crippen MR) is 316 cm³/mol. The fraction of sp³-hybridized carbons (Fsp3) is 0.706. The van der Waals surface area contributed by atoms with Crippen molar-refractivity contribution in [3.05, 3.63) is 87.0 Å². The number of carbonyl (C=O) groups is 4. The molecule has 0 saturated carbocycles. The second kappa shape index (κ2) is 43.6. The zero-order valence-corrected chi connectivity index (χ0v) is 49.8. The first kappa shape index (κ1) is 67.8. The summed E-state index contributed by atoms with van der Waals surface area (Å²) in [7, 11) is 0. The number of nitrogens with zero attached hydrogens (tertiary/aromatic N) is 2. The molecule has 1 aliphatic rings. The van der Waals surface area contributed by atoms with Gasteiger partial charge in [-0.15, -0.1) is 0 Å². The molecule has 0 atom stereocenters. The van der Waals surface area contributed by atoms with Crippen molar-refractivity contribution in [3.8, 4) is 0 Å². The van der Waals surface area contributed by atoms with Crippen molar-refractivity contribution >= 4 is 34.5 Å². The zero-order valence-electron chi connectivity index (χ0n) is 48.8. The summed E-state index contributed by atoms with van der Waals surface area (Å²) in [5.74, 6) is 0.0267. The number of hydrogen-bond acceptors (Lipinski definition) is 4. The normalized spacial score (nSPS) is 12.4. The number of allylic oxidation sites excluding steroid dienone is 2. The van der Waals surface area contributed by atoms with Gasteiger partial charge in [0.05, 0.1) is 0 Å². The molecule has 0 unspecified atom stereocenters. The number of unbranched alkanes of at least 4 members (excludes halogenated alkanes) is 33. The molecular formula is C68H108N2NiO4. The molecule has 0 aliphatic carbocycles. The average Bonchev–Trinajstić information content (AvgIpc) is 3.74. The molecule has 0 bridgehead atoms. The van der Waals surface area contributed by atoms with Crippen LogP contribution in [0.25, 0.3) is 16.9 Å². The van der Waals surface area contributed by atoms with Crippen LogP contribution in [0.2, 0.25) is 0 Å². The minimum atomic E-state index is -0.00880. The summed E-state index contributed by atoms with van der Waals surface area (Å²) in [4.78, 5) is 56.5. The summed E-state index contributed by atoms with van der Waals surface area (Å²) in [6, 6.07) is 11.2. The minimum Gasteiger partial charge on any atom is -0.493 e. The third-order valence-corrected chi connectivity index (χ3v) is 15.7. The Bertz CT molecular complexity index is 2000. The van der Waals surface area contributed by atoms with Crippen LogP contribution in [0.5, 0.6) is 0 Å². The molecule has 0 aromatic heterocycles. The van der Waals surface area contributed by atoms with Gasteiger partial charge in [-0.2, -0.15) is 0 Å². The summed E-state index contributed by atoms with van der Waals surface area (Å²) in [5.41, 5.74) is 17.7. The molecule has 6 nitrogen and oxygen atoms in total. The van der Waals surface area contributed by atoms with Gasteiger partial charge in [0.25, 0.3) is 0 Å². The topological polar surface area (TPSA) is 93.6 Å². The van der Waals surface area contributed by atoms with Crippen molar-refractivity contribution in [2.75, 3.05) is 0 Å². The Morgan fingerprint density at radius 1 is 0.347 bits per heavy atom. The molecule has 0 N–H and O–H groups in total. The van der Waals surface area contributed by atoms with Crippen molar-refractivity contribution < 1.29 is 40.4 Å². The Balaban J connectivity index is 0.0000193. The molecule has 424 valence electrons. The van der Waals surface area contributed by atoms with Crippen LogP contribution in [-0.2, 0) is 16.5 Å². The third-order valence-electron chi connectivity index (χ3n) is 15.7. The Labute approximate surface area is 470 Å². The van der Waals surface area contributed by atoms with Crippen molar-refractivity contribution in [1.82, 2.24) is 0 Å². The maximum Gasteiger partial charge on any atom is 0.210 e. The van der Waals surface area contributed by atoms with E-state index in [1.54, 1.807) is 0 Å². The van der Waals surface area contributed by atoms with E-state index in [1.807, 2.05) is 42.5 Å². The summed E-state index contributed by atoms with van der Waals surface area (Å²) >= 11 is 0. The maximum absolute atomic E-state index is 14.3. The molecule has 0 radical (unpaired) electrons. The SMILES string of the molecule is CCCCCCCCCCCC(=O)c1ccc(C2=CC(CCCC)=C(c3ccc(C(=O)CCCCCCCCCCC)c(C(=O)CCCCCCCCCCC)c3)[N+]2=[N-])cc1C(=O)CCCCCCCCCCC.[Ni]. The molecule has 0 amide bonds. The van der Waals surface area contributed by atoms with Crippen molar-refractivity contribution in [2.24, 2.45) is 0 Å². The molecule has 0 saturated heterocycles. The van der Waals surface area contributed by atoms with Gasteiger partial charge in [0.2, 0.25) is 11.4 Å². The molecular weight excluding hydrogens is 967 g/mol. The van der Waals surface area contributed by atoms with Crippen LogP contribution in [0.15, 0.2) is 48.0 Å². The molecule has 2 aromatic carbocycles. The Morgan fingerprint density at radius 2 is 0.613 bits per heavy atom. The molecule has 75 heavy (non-hydrogen) atoms. The minimum absolute atomic E-state index is 0. The molecule has 1 heterocycles. The zero-order chi connectivity index (χ0) is 53.4. The van der Waals surface area contributed by atoms with Crippen LogP contribution in [0.4, 0.5) is 0 Å². The van der Waals surface area contributed by atoms with E-state index in [1.165, 1.54) is 159 Å². The number of carbonyl (C=O) groups excluding carboxylic acids is 4. The van der Waals surface area contributed by atoms with Gasteiger partial charge >= 0.3 is 0 Å². The number of rotatable bonds is 49. The fourth-order valence-electron chi connectivity index (χ4n) is 10.9. The number of Topliss-reactive ketones (excluding diaryl/α,β-unsaturated/α-hetero) is 4. The van der Waals surface area contributed by atoms with Crippen LogP contribution >= 0.6 is 0 Å². The smallest absolute Gasteiger partial charge is 0.210 e. The van der Waals surface area contributed by atoms with Gasteiger partial charge in [0.15, 0.2) is 23.1 Å². The van der Waals surface area contributed by atoms with E-state index in [0.29, 0.717) is 76.9 Å². The van der Waals surface area contributed by atoms with Crippen LogP contribution in [0, 0.1) is 0 Å². The van der Waals surface area contributed by atoms with E-state index < -0.39 is 0 Å². The van der Waals surface area contributed by atoms with E-state index in [4.69, 9.17) is 0 Å². The van der Waals surface area contributed by atoms with Crippen molar-refractivity contribution in [2.45, 2.75) is 311 Å². The van der Waals surface area contributed by atoms with Crippen molar-refractivity contribution in [3.63, 3.8) is 0 Å². The monoisotopic (exact) mass is 1070 g/mol. The second-order valence-corrected chi connectivity index (χ2v) is 22.3. The molecule has 2 aromatic rings. The van der Waals surface area contributed by atoms with Gasteiger partial charge in [0.1, 0.15) is 0 Å². The van der Waals surface area contributed by atoms with Gasteiger partial charge in [0, 0.05) is 87.2 Å². The quantitative estimate of drug-likeness (QED) is 0.0286. The first-order valence-corrected chi connectivity index (χ1v) is 31.6. The van der Waals surface area contributed by atoms with Gasteiger partial charge in [-0.1, -0.05) is 247 Å². The van der Waals surface area contributed by atoms with Crippen LogP contribution in [-0.4, -0.2) is 27.8 Å². The molecule has 7 heteroatoms. The molecule has 0 fully saturated rings. The van der Waals surface area contributed by atoms with E-state index in [-0.39, 0.29) is 39.6 Å². The largest absolute Gasteiger partial charge is 0.493 e. The molecule has 3 rings (SSSR count). The fourth-order valence-corrected chi connectivity index (χ4v) is 10.9. The molecule has 1 aliphatic heterocycles. The number of hydrogen-bond donors (Lipinski definition) is 0. The van der Waals surface area contributed by atoms with Gasteiger partial charge in [-0.25, -0.2) is 4.70 Å². The average molecular weight is 1080 g/mol. The second-order valence-electron chi connectivity index (χ2n) is 22.3. The van der Waals surface area contributed by atoms with Gasteiger partial charge < -0.3 is 5.53 Å². The summed E-state index contributed by atoms with van der Waals surface area (Å²) < 4.78 is 1.23. The number of ketones is 4.